The molecule has 0 bridgehead atoms. The molecule has 3 aromatic carbocycles. The zero-order valence-electron chi connectivity index (χ0n) is 21.8. The van der Waals surface area contributed by atoms with Crippen molar-refractivity contribution in [2.24, 2.45) is 0 Å². The Kier molecular flexibility index (Phi) is 9.57. The van der Waals surface area contributed by atoms with E-state index in [4.69, 9.17) is 0 Å². The Hall–Kier alpha value is -5.29. The fraction of sp³-hybridized carbons (Fsp3) is 0.0667. The van der Waals surface area contributed by atoms with E-state index in [1.807, 2.05) is 0 Å². The SMILES string of the molecule is CC(Sc1ccc(NC(=O)/C(=C/c2ccc([N+](=O)[O-])cc2)NC(=O)c2ccccc2)cc1)C(=O)Nc1ccncc1. The van der Waals surface area contributed by atoms with Gasteiger partial charge in [0.25, 0.3) is 17.5 Å². The number of thioether (sulfide) groups is 1. The van der Waals surface area contributed by atoms with Crippen molar-refractivity contribution in [3.05, 3.63) is 130 Å². The number of non-ortho nitro benzene ring substituents is 1. The molecule has 206 valence electrons. The predicted molar refractivity (Wildman–Crippen MR) is 158 cm³/mol. The Labute approximate surface area is 240 Å². The highest BCUT2D eigenvalue weighted by Gasteiger charge is 2.17. The Bertz CT molecular complexity index is 1560. The predicted octanol–water partition coefficient (Wildman–Crippen LogP) is 5.52. The van der Waals surface area contributed by atoms with Crippen molar-refractivity contribution in [2.45, 2.75) is 17.1 Å². The number of nitro groups is 1. The maximum Gasteiger partial charge on any atom is 0.272 e. The summed E-state index contributed by atoms with van der Waals surface area (Å²) in [6.07, 6.45) is 4.63. The van der Waals surface area contributed by atoms with Crippen LogP contribution in [0, 0.1) is 10.1 Å². The van der Waals surface area contributed by atoms with Crippen molar-refractivity contribution in [2.75, 3.05) is 10.6 Å². The number of benzene rings is 3. The lowest BCUT2D eigenvalue weighted by Gasteiger charge is -2.13. The molecule has 0 aliphatic carbocycles. The molecule has 10 nitrogen and oxygen atoms in total. The van der Waals surface area contributed by atoms with Crippen LogP contribution in [0.3, 0.4) is 0 Å². The number of pyridine rings is 1. The summed E-state index contributed by atoms with van der Waals surface area (Å²) in [7, 11) is 0. The summed E-state index contributed by atoms with van der Waals surface area (Å²) in [5, 5.41) is 18.8. The second-order valence-corrected chi connectivity index (χ2v) is 10.1. The van der Waals surface area contributed by atoms with Gasteiger partial charge in [-0.2, -0.15) is 0 Å². The zero-order valence-corrected chi connectivity index (χ0v) is 22.6. The van der Waals surface area contributed by atoms with Crippen molar-refractivity contribution >= 4 is 52.6 Å². The second-order valence-electron chi connectivity index (χ2n) is 8.69. The fourth-order valence-electron chi connectivity index (χ4n) is 3.55. The van der Waals surface area contributed by atoms with E-state index in [0.717, 1.165) is 4.90 Å². The molecule has 1 atom stereocenters. The minimum atomic E-state index is -0.585. The van der Waals surface area contributed by atoms with Gasteiger partial charge in [-0.1, -0.05) is 18.2 Å². The van der Waals surface area contributed by atoms with E-state index in [2.05, 4.69) is 20.9 Å². The Morgan fingerprint density at radius 1 is 0.854 bits per heavy atom. The number of amides is 3. The highest BCUT2D eigenvalue weighted by atomic mass is 32.2. The van der Waals surface area contributed by atoms with Gasteiger partial charge in [0.2, 0.25) is 5.91 Å². The number of nitro benzene ring substituents is 1. The minimum absolute atomic E-state index is 0.0486. The van der Waals surface area contributed by atoms with Crippen LogP contribution in [0.1, 0.15) is 22.8 Å². The van der Waals surface area contributed by atoms with Gasteiger partial charge in [0.15, 0.2) is 0 Å². The first-order valence-corrected chi connectivity index (χ1v) is 13.3. The van der Waals surface area contributed by atoms with Crippen LogP contribution >= 0.6 is 11.8 Å². The van der Waals surface area contributed by atoms with Crippen molar-refractivity contribution in [1.82, 2.24) is 10.3 Å². The molecule has 0 spiro atoms. The molecule has 1 aromatic heterocycles. The topological polar surface area (TPSA) is 143 Å². The second kappa shape index (κ2) is 13.7. The molecule has 1 unspecified atom stereocenters. The Morgan fingerprint density at radius 2 is 1.49 bits per heavy atom. The number of anilines is 2. The van der Waals surface area contributed by atoms with Crippen LogP contribution in [0.4, 0.5) is 17.1 Å². The van der Waals surface area contributed by atoms with Crippen molar-refractivity contribution < 1.29 is 19.3 Å². The molecule has 0 aliphatic heterocycles. The van der Waals surface area contributed by atoms with Crippen molar-refractivity contribution in [3.63, 3.8) is 0 Å². The summed E-state index contributed by atoms with van der Waals surface area (Å²) in [6.45, 7) is 1.79. The van der Waals surface area contributed by atoms with E-state index >= 15 is 0 Å². The van der Waals surface area contributed by atoms with Gasteiger partial charge < -0.3 is 16.0 Å². The average Bonchev–Trinajstić information content (AvgIpc) is 2.99. The van der Waals surface area contributed by atoms with Gasteiger partial charge in [-0.15, -0.1) is 11.8 Å². The smallest absolute Gasteiger partial charge is 0.272 e. The number of hydrogen-bond donors (Lipinski definition) is 3. The summed E-state index contributed by atoms with van der Waals surface area (Å²) in [5.74, 6) is -1.23. The van der Waals surface area contributed by atoms with E-state index in [1.54, 1.807) is 86.0 Å². The normalized spacial score (nSPS) is 11.7. The van der Waals surface area contributed by atoms with E-state index in [0.29, 0.717) is 22.5 Å². The highest BCUT2D eigenvalue weighted by Crippen LogP contribution is 2.26. The highest BCUT2D eigenvalue weighted by molar-refractivity contribution is 8.00. The molecule has 0 fully saturated rings. The molecule has 41 heavy (non-hydrogen) atoms. The number of nitrogens with zero attached hydrogens (tertiary/aromatic N) is 2. The third-order valence-electron chi connectivity index (χ3n) is 5.69. The third-order valence-corrected chi connectivity index (χ3v) is 6.80. The molecule has 11 heteroatoms. The summed E-state index contributed by atoms with van der Waals surface area (Å²) >= 11 is 1.36. The molecule has 1 heterocycles. The van der Waals surface area contributed by atoms with Crippen LogP contribution in [0.5, 0.6) is 0 Å². The lowest BCUT2D eigenvalue weighted by atomic mass is 10.1. The lowest BCUT2D eigenvalue weighted by molar-refractivity contribution is -0.384. The van der Waals surface area contributed by atoms with Crippen LogP contribution < -0.4 is 16.0 Å². The van der Waals surface area contributed by atoms with Crippen LogP contribution in [0.15, 0.2) is 114 Å². The van der Waals surface area contributed by atoms with Crippen LogP contribution in [-0.2, 0) is 9.59 Å². The minimum Gasteiger partial charge on any atom is -0.325 e. The van der Waals surface area contributed by atoms with Crippen LogP contribution in [-0.4, -0.2) is 32.9 Å². The number of carbonyl (C=O) groups excluding carboxylic acids is 3. The van der Waals surface area contributed by atoms with Gasteiger partial charge in [-0.3, -0.25) is 29.5 Å². The van der Waals surface area contributed by atoms with E-state index in [-0.39, 0.29) is 22.5 Å². The maximum absolute atomic E-state index is 13.2. The standard InChI is InChI=1S/C30H25N5O5S/c1-20(28(36)32-24-15-17-31-18-16-24)41-26-13-9-23(10-14-26)33-30(38)27(34-29(37)22-5-3-2-4-6-22)19-21-7-11-25(12-8-21)35(39)40/h2-20H,1H3,(H,33,38)(H,34,37)(H,31,32,36)/b27-19-. The van der Waals surface area contributed by atoms with Crippen LogP contribution in [0.25, 0.3) is 6.08 Å². The van der Waals surface area contributed by atoms with E-state index < -0.39 is 16.7 Å². The largest absolute Gasteiger partial charge is 0.325 e. The lowest BCUT2D eigenvalue weighted by Crippen LogP contribution is -2.30. The first-order valence-electron chi connectivity index (χ1n) is 12.4. The number of hydrogen-bond acceptors (Lipinski definition) is 7. The average molecular weight is 568 g/mol. The molecule has 0 saturated heterocycles. The summed E-state index contributed by atoms with van der Waals surface area (Å²) in [6, 6.07) is 24.4. The van der Waals surface area contributed by atoms with Crippen molar-refractivity contribution in [3.8, 4) is 0 Å². The summed E-state index contributed by atoms with van der Waals surface area (Å²) in [5.41, 5.74) is 1.83. The maximum atomic E-state index is 13.2. The quantitative estimate of drug-likeness (QED) is 0.0991. The monoisotopic (exact) mass is 567 g/mol. The molecule has 3 amide bonds. The molecule has 0 saturated carbocycles. The molecule has 3 N–H and O–H groups in total. The van der Waals surface area contributed by atoms with Gasteiger partial charge in [0.05, 0.1) is 10.2 Å². The third kappa shape index (κ3) is 8.35. The molecule has 0 radical (unpaired) electrons. The van der Waals surface area contributed by atoms with E-state index in [1.165, 1.54) is 42.1 Å². The van der Waals surface area contributed by atoms with Gasteiger partial charge in [-0.25, -0.2) is 0 Å². The Morgan fingerprint density at radius 3 is 2.12 bits per heavy atom. The van der Waals surface area contributed by atoms with E-state index in [9.17, 15) is 24.5 Å². The molecule has 4 aromatic rings. The number of carbonyl (C=O) groups is 3. The van der Waals surface area contributed by atoms with Gasteiger partial charge in [0, 0.05) is 46.4 Å². The molecular weight excluding hydrogens is 542 g/mol. The summed E-state index contributed by atoms with van der Waals surface area (Å²) in [4.78, 5) is 53.7. The molecule has 0 aliphatic rings. The van der Waals surface area contributed by atoms with Gasteiger partial charge in [0.1, 0.15) is 5.70 Å². The molecular formula is C30H25N5O5S. The number of aromatic nitrogens is 1. The Balaban J connectivity index is 1.45. The number of nitrogens with one attached hydrogen (secondary N) is 3. The first kappa shape index (κ1) is 28.7. The summed E-state index contributed by atoms with van der Waals surface area (Å²) < 4.78 is 0. The first-order chi connectivity index (χ1) is 19.8. The van der Waals surface area contributed by atoms with Gasteiger partial charge >= 0.3 is 0 Å². The molecule has 4 rings (SSSR count). The van der Waals surface area contributed by atoms with Gasteiger partial charge in [-0.05, 0) is 79.2 Å². The van der Waals surface area contributed by atoms with Crippen molar-refractivity contribution in [1.29, 1.82) is 0 Å². The van der Waals surface area contributed by atoms with Crippen LogP contribution in [0.2, 0.25) is 0 Å². The zero-order chi connectivity index (χ0) is 29.2. The number of rotatable bonds is 10. The fourth-order valence-corrected chi connectivity index (χ4v) is 4.42.